The number of aryl methyl sites for hydroxylation is 1. The second kappa shape index (κ2) is 11.8. The predicted molar refractivity (Wildman–Crippen MR) is 146 cm³/mol. The average molecular weight is 540 g/mol. The van der Waals surface area contributed by atoms with Crippen LogP contribution in [0.1, 0.15) is 38.8 Å². The summed E-state index contributed by atoms with van der Waals surface area (Å²) in [5, 5.41) is 2.87. The summed E-state index contributed by atoms with van der Waals surface area (Å²) in [6.45, 7) is 8.30. The van der Waals surface area contributed by atoms with Crippen LogP contribution in [0.2, 0.25) is 0 Å². The van der Waals surface area contributed by atoms with Gasteiger partial charge in [0.2, 0.25) is 11.8 Å². The van der Waals surface area contributed by atoms with E-state index in [2.05, 4.69) is 5.32 Å². The van der Waals surface area contributed by atoms with Crippen molar-refractivity contribution in [2.75, 3.05) is 10.8 Å². The molecule has 38 heavy (non-hydrogen) atoms. The number of hydrogen-bond donors (Lipinski definition) is 1. The van der Waals surface area contributed by atoms with Gasteiger partial charge >= 0.3 is 0 Å². The number of amides is 2. The van der Waals surface area contributed by atoms with Gasteiger partial charge in [-0.05, 0) is 76.1 Å². The average Bonchev–Trinajstić information content (AvgIpc) is 2.86. The van der Waals surface area contributed by atoms with Crippen LogP contribution in [0.3, 0.4) is 0 Å². The first-order valence-electron chi connectivity index (χ1n) is 12.3. The van der Waals surface area contributed by atoms with Gasteiger partial charge in [0.1, 0.15) is 18.4 Å². The van der Waals surface area contributed by atoms with Crippen LogP contribution >= 0.6 is 0 Å². The number of sulfonamides is 1. The molecule has 2 amide bonds. The summed E-state index contributed by atoms with van der Waals surface area (Å²) in [4.78, 5) is 28.3. The number of benzene rings is 3. The number of halogens is 1. The summed E-state index contributed by atoms with van der Waals surface area (Å²) in [5.74, 6) is -1.39. The van der Waals surface area contributed by atoms with Crippen molar-refractivity contribution in [2.24, 2.45) is 0 Å². The van der Waals surface area contributed by atoms with Crippen molar-refractivity contribution in [2.45, 2.75) is 57.6 Å². The number of hydrogen-bond acceptors (Lipinski definition) is 4. The number of carbonyl (C=O) groups is 2. The maximum absolute atomic E-state index is 13.9. The first-order valence-corrected chi connectivity index (χ1v) is 13.7. The van der Waals surface area contributed by atoms with Gasteiger partial charge in [-0.3, -0.25) is 13.9 Å². The molecule has 1 N–H and O–H groups in total. The summed E-state index contributed by atoms with van der Waals surface area (Å²) >= 11 is 0. The van der Waals surface area contributed by atoms with E-state index in [1.165, 1.54) is 41.3 Å². The molecule has 9 heteroatoms. The highest BCUT2D eigenvalue weighted by molar-refractivity contribution is 7.92. The molecule has 0 spiro atoms. The lowest BCUT2D eigenvalue weighted by atomic mass is 10.1. The van der Waals surface area contributed by atoms with Gasteiger partial charge in [-0.15, -0.1) is 0 Å². The van der Waals surface area contributed by atoms with Crippen molar-refractivity contribution in [1.82, 2.24) is 10.2 Å². The molecule has 0 aliphatic heterocycles. The fourth-order valence-electron chi connectivity index (χ4n) is 3.92. The van der Waals surface area contributed by atoms with Gasteiger partial charge in [-0.1, -0.05) is 48.5 Å². The van der Waals surface area contributed by atoms with E-state index in [0.29, 0.717) is 16.8 Å². The lowest BCUT2D eigenvalue weighted by Crippen LogP contribution is -2.54. The van der Waals surface area contributed by atoms with Crippen LogP contribution in [0.4, 0.5) is 10.1 Å². The lowest BCUT2D eigenvalue weighted by molar-refractivity contribution is -0.140. The van der Waals surface area contributed by atoms with Crippen LogP contribution < -0.4 is 9.62 Å². The maximum Gasteiger partial charge on any atom is 0.264 e. The largest absolute Gasteiger partial charge is 0.350 e. The van der Waals surface area contributed by atoms with Crippen LogP contribution in [-0.4, -0.2) is 43.3 Å². The third kappa shape index (κ3) is 7.19. The summed E-state index contributed by atoms with van der Waals surface area (Å²) in [5.41, 5.74) is 1.09. The molecule has 202 valence electrons. The minimum atomic E-state index is -4.12. The van der Waals surface area contributed by atoms with Crippen LogP contribution in [0.15, 0.2) is 83.8 Å². The molecule has 3 aromatic rings. The molecule has 0 fully saturated rings. The Hall–Kier alpha value is -3.72. The van der Waals surface area contributed by atoms with Crippen molar-refractivity contribution < 1.29 is 22.4 Å². The van der Waals surface area contributed by atoms with E-state index in [9.17, 15) is 22.4 Å². The van der Waals surface area contributed by atoms with Crippen molar-refractivity contribution in [3.05, 3.63) is 95.8 Å². The molecule has 0 radical (unpaired) electrons. The minimum absolute atomic E-state index is 0.00909. The summed E-state index contributed by atoms with van der Waals surface area (Å²) in [7, 11) is -4.12. The molecule has 0 bridgehead atoms. The maximum atomic E-state index is 13.9. The van der Waals surface area contributed by atoms with Crippen LogP contribution in [-0.2, 0) is 26.2 Å². The Morgan fingerprint density at radius 1 is 0.921 bits per heavy atom. The molecule has 0 aliphatic carbocycles. The second-order valence-electron chi connectivity index (χ2n) is 10.2. The van der Waals surface area contributed by atoms with Gasteiger partial charge in [0.05, 0.1) is 10.6 Å². The van der Waals surface area contributed by atoms with E-state index in [1.807, 2.05) is 20.8 Å². The molecule has 3 rings (SSSR count). The van der Waals surface area contributed by atoms with Crippen LogP contribution in [0, 0.1) is 12.7 Å². The zero-order valence-corrected chi connectivity index (χ0v) is 23.1. The normalized spacial score (nSPS) is 12.5. The molecule has 0 heterocycles. The summed E-state index contributed by atoms with van der Waals surface area (Å²) < 4.78 is 42.1. The topological polar surface area (TPSA) is 86.8 Å². The van der Waals surface area contributed by atoms with Gasteiger partial charge in [0, 0.05) is 12.1 Å². The van der Waals surface area contributed by atoms with Crippen molar-refractivity contribution in [1.29, 1.82) is 0 Å². The van der Waals surface area contributed by atoms with Crippen LogP contribution in [0.25, 0.3) is 0 Å². The molecule has 0 saturated carbocycles. The number of nitrogens with one attached hydrogen (secondary N) is 1. The molecule has 1 unspecified atom stereocenters. The van der Waals surface area contributed by atoms with E-state index >= 15 is 0 Å². The Bertz CT molecular complexity index is 1370. The Kier molecular flexibility index (Phi) is 8.93. The summed E-state index contributed by atoms with van der Waals surface area (Å²) in [6, 6.07) is 19.5. The number of nitrogens with zero attached hydrogens (tertiary/aromatic N) is 2. The number of rotatable bonds is 9. The lowest BCUT2D eigenvalue weighted by Gasteiger charge is -2.33. The van der Waals surface area contributed by atoms with E-state index in [1.54, 1.807) is 56.3 Å². The molecular weight excluding hydrogens is 505 g/mol. The van der Waals surface area contributed by atoms with Gasteiger partial charge < -0.3 is 10.2 Å². The molecular formula is C29H34FN3O4S. The Balaban J connectivity index is 2.03. The van der Waals surface area contributed by atoms with Gasteiger partial charge in [-0.2, -0.15) is 0 Å². The molecule has 7 nitrogen and oxygen atoms in total. The van der Waals surface area contributed by atoms with E-state index < -0.39 is 39.9 Å². The number of anilines is 1. The highest BCUT2D eigenvalue weighted by Crippen LogP contribution is 2.27. The Labute approximate surface area is 224 Å². The summed E-state index contributed by atoms with van der Waals surface area (Å²) in [6.07, 6.45) is 0. The highest BCUT2D eigenvalue weighted by atomic mass is 32.2. The zero-order chi connectivity index (χ0) is 28.1. The third-order valence-electron chi connectivity index (χ3n) is 5.93. The number of carbonyl (C=O) groups excluding carboxylic acids is 2. The van der Waals surface area contributed by atoms with Crippen molar-refractivity contribution in [3.63, 3.8) is 0 Å². The highest BCUT2D eigenvalue weighted by Gasteiger charge is 2.33. The van der Waals surface area contributed by atoms with Gasteiger partial charge in [-0.25, -0.2) is 12.8 Å². The predicted octanol–water partition coefficient (Wildman–Crippen LogP) is 4.66. The van der Waals surface area contributed by atoms with E-state index in [-0.39, 0.29) is 17.3 Å². The first kappa shape index (κ1) is 28.8. The standard InChI is InChI=1S/C29H34FN3O4S/c1-21-11-9-10-14-26(21)33(38(36,37)25-12-7-6-8-13-25)20-27(34)32(19-23-15-17-24(30)18-16-23)22(2)28(35)31-29(3,4)5/h6-18,22H,19-20H2,1-5H3,(H,31,35). The first-order chi connectivity index (χ1) is 17.8. The van der Waals surface area contributed by atoms with Crippen molar-refractivity contribution >= 4 is 27.5 Å². The van der Waals surface area contributed by atoms with E-state index in [4.69, 9.17) is 0 Å². The van der Waals surface area contributed by atoms with Crippen LogP contribution in [0.5, 0.6) is 0 Å². The quantitative estimate of drug-likeness (QED) is 0.429. The molecule has 0 aromatic heterocycles. The van der Waals surface area contributed by atoms with Crippen molar-refractivity contribution in [3.8, 4) is 0 Å². The molecule has 0 aliphatic rings. The smallest absolute Gasteiger partial charge is 0.264 e. The zero-order valence-electron chi connectivity index (χ0n) is 22.3. The number of para-hydroxylation sites is 1. The minimum Gasteiger partial charge on any atom is -0.350 e. The monoisotopic (exact) mass is 539 g/mol. The van der Waals surface area contributed by atoms with Gasteiger partial charge in [0.15, 0.2) is 0 Å². The Morgan fingerprint density at radius 2 is 1.50 bits per heavy atom. The SMILES string of the molecule is Cc1ccccc1N(CC(=O)N(Cc1ccc(F)cc1)C(C)C(=O)NC(C)(C)C)S(=O)(=O)c1ccccc1. The van der Waals surface area contributed by atoms with Gasteiger partial charge in [0.25, 0.3) is 10.0 Å². The molecule has 0 saturated heterocycles. The second-order valence-corrected chi connectivity index (χ2v) is 12.0. The van der Waals surface area contributed by atoms with E-state index in [0.717, 1.165) is 4.31 Å². The Morgan fingerprint density at radius 3 is 2.08 bits per heavy atom. The third-order valence-corrected chi connectivity index (χ3v) is 7.70. The fourth-order valence-corrected chi connectivity index (χ4v) is 5.42. The molecule has 1 atom stereocenters. The molecule has 3 aromatic carbocycles. The fraction of sp³-hybridized carbons (Fsp3) is 0.310.